The van der Waals surface area contributed by atoms with Gasteiger partial charge in [0.05, 0.1) is 12.1 Å². The van der Waals surface area contributed by atoms with Gasteiger partial charge in [0.1, 0.15) is 11.6 Å². The van der Waals surface area contributed by atoms with Gasteiger partial charge in [0, 0.05) is 49.3 Å². The molecular formula is C34H50F2N4O4. The van der Waals surface area contributed by atoms with E-state index in [1.807, 2.05) is 27.7 Å². The number of carbonyl (C=O) groups excluding carboxylic acids is 3. The summed E-state index contributed by atoms with van der Waals surface area (Å²) < 4.78 is 28.0. The number of halogens is 2. The largest absolute Gasteiger partial charge is 0.391 e. The van der Waals surface area contributed by atoms with Crippen LogP contribution < -0.4 is 10.6 Å². The van der Waals surface area contributed by atoms with Crippen molar-refractivity contribution in [2.45, 2.75) is 79.4 Å². The van der Waals surface area contributed by atoms with Crippen LogP contribution in [0.4, 0.5) is 8.78 Å². The molecule has 3 N–H and O–H groups in total. The number of benzene rings is 2. The van der Waals surface area contributed by atoms with Gasteiger partial charge in [-0.3, -0.25) is 14.4 Å². The Hall–Kier alpha value is -3.37. The van der Waals surface area contributed by atoms with E-state index in [0.717, 1.165) is 44.1 Å². The fraction of sp³-hybridized carbons (Fsp3) is 0.559. The van der Waals surface area contributed by atoms with Crippen LogP contribution in [0.3, 0.4) is 0 Å². The summed E-state index contributed by atoms with van der Waals surface area (Å²) in [5.74, 6) is -3.07. The molecule has 10 heteroatoms. The second kappa shape index (κ2) is 18.4. The van der Waals surface area contributed by atoms with E-state index in [9.17, 15) is 28.3 Å². The van der Waals surface area contributed by atoms with Crippen LogP contribution in [0.2, 0.25) is 0 Å². The summed E-state index contributed by atoms with van der Waals surface area (Å²) in [6, 6.07) is 7.00. The van der Waals surface area contributed by atoms with E-state index in [0.29, 0.717) is 37.3 Å². The predicted octanol–water partition coefficient (Wildman–Crippen LogP) is 4.72. The van der Waals surface area contributed by atoms with E-state index in [1.54, 1.807) is 30.9 Å². The van der Waals surface area contributed by atoms with Crippen molar-refractivity contribution in [3.63, 3.8) is 0 Å². The van der Waals surface area contributed by atoms with E-state index >= 15 is 0 Å². The molecule has 0 aliphatic rings. The van der Waals surface area contributed by atoms with Crippen molar-refractivity contribution in [1.82, 2.24) is 20.4 Å². The first kappa shape index (κ1) is 36.8. The molecular weight excluding hydrogens is 566 g/mol. The topological polar surface area (TPSA) is 102 Å². The summed E-state index contributed by atoms with van der Waals surface area (Å²) in [7, 11) is 0. The van der Waals surface area contributed by atoms with Crippen molar-refractivity contribution in [1.29, 1.82) is 0 Å². The van der Waals surface area contributed by atoms with Gasteiger partial charge in [-0.2, -0.15) is 0 Å². The number of amides is 3. The Kier molecular flexibility index (Phi) is 15.4. The quantitative estimate of drug-likeness (QED) is 0.225. The SMILES string of the molecule is CCCN(CCC)C(=O)c1cc(C)cc(C(=O)N[C@@H](Cc2cc(F)cc(F)c2)[C@@H](O)C[C@@H](C)C(=O)NCCN(CC)CC)c1. The smallest absolute Gasteiger partial charge is 0.253 e. The van der Waals surface area contributed by atoms with Crippen LogP contribution in [-0.4, -0.2) is 84.0 Å². The molecule has 0 saturated carbocycles. The molecule has 0 spiro atoms. The highest BCUT2D eigenvalue weighted by atomic mass is 19.1. The Morgan fingerprint density at radius 3 is 2.02 bits per heavy atom. The van der Waals surface area contributed by atoms with Crippen LogP contribution in [0.15, 0.2) is 36.4 Å². The Bertz CT molecular complexity index is 1210. The molecule has 244 valence electrons. The van der Waals surface area contributed by atoms with E-state index in [1.165, 1.54) is 6.07 Å². The van der Waals surface area contributed by atoms with Gasteiger partial charge >= 0.3 is 0 Å². The molecule has 2 aromatic carbocycles. The van der Waals surface area contributed by atoms with Gasteiger partial charge in [-0.05, 0) is 87.2 Å². The summed E-state index contributed by atoms with van der Waals surface area (Å²) >= 11 is 0. The average molecular weight is 617 g/mol. The highest BCUT2D eigenvalue weighted by Gasteiger charge is 2.27. The van der Waals surface area contributed by atoms with Gasteiger partial charge in [0.25, 0.3) is 11.8 Å². The van der Waals surface area contributed by atoms with E-state index in [4.69, 9.17) is 0 Å². The molecule has 0 heterocycles. The number of aryl methyl sites for hydroxylation is 1. The molecule has 0 radical (unpaired) electrons. The van der Waals surface area contributed by atoms with Crippen molar-refractivity contribution in [3.8, 4) is 0 Å². The van der Waals surface area contributed by atoms with Crippen LogP contribution in [0.5, 0.6) is 0 Å². The fourth-order valence-corrected chi connectivity index (χ4v) is 5.28. The van der Waals surface area contributed by atoms with Crippen molar-refractivity contribution in [3.05, 3.63) is 70.3 Å². The second-order valence-electron chi connectivity index (χ2n) is 11.5. The molecule has 0 aromatic heterocycles. The molecule has 3 atom stereocenters. The normalized spacial score (nSPS) is 13.3. The van der Waals surface area contributed by atoms with Gasteiger partial charge < -0.3 is 25.5 Å². The Labute approximate surface area is 261 Å². The third kappa shape index (κ3) is 11.6. The first-order chi connectivity index (χ1) is 20.9. The molecule has 2 aromatic rings. The number of rotatable bonds is 18. The number of aliphatic hydroxyl groups excluding tert-OH is 1. The summed E-state index contributed by atoms with van der Waals surface area (Å²) in [6.07, 6.45) is 0.343. The van der Waals surface area contributed by atoms with Crippen molar-refractivity contribution in [2.75, 3.05) is 39.3 Å². The molecule has 0 unspecified atom stereocenters. The molecule has 0 aliphatic heterocycles. The lowest BCUT2D eigenvalue weighted by Gasteiger charge is -2.27. The highest BCUT2D eigenvalue weighted by Crippen LogP contribution is 2.18. The number of hydrogen-bond donors (Lipinski definition) is 3. The van der Waals surface area contributed by atoms with Crippen LogP contribution in [-0.2, 0) is 11.2 Å². The lowest BCUT2D eigenvalue weighted by molar-refractivity contribution is -0.125. The second-order valence-corrected chi connectivity index (χ2v) is 11.5. The third-order valence-electron chi connectivity index (χ3n) is 7.68. The minimum absolute atomic E-state index is 0.0143. The number of carbonyl (C=O) groups is 3. The zero-order chi connectivity index (χ0) is 32.8. The van der Waals surface area contributed by atoms with Crippen molar-refractivity contribution < 1.29 is 28.3 Å². The lowest BCUT2D eigenvalue weighted by atomic mass is 9.93. The maximum atomic E-state index is 14.0. The van der Waals surface area contributed by atoms with Crippen molar-refractivity contribution in [2.24, 2.45) is 5.92 Å². The van der Waals surface area contributed by atoms with Crippen molar-refractivity contribution >= 4 is 17.7 Å². The average Bonchev–Trinajstić information content (AvgIpc) is 2.97. The van der Waals surface area contributed by atoms with Crippen LogP contribution in [0.1, 0.15) is 85.7 Å². The molecule has 0 saturated heterocycles. The first-order valence-electron chi connectivity index (χ1n) is 15.8. The number of aliphatic hydroxyl groups is 1. The van der Waals surface area contributed by atoms with Gasteiger partial charge in [0.2, 0.25) is 5.91 Å². The zero-order valence-electron chi connectivity index (χ0n) is 27.1. The number of nitrogens with zero attached hydrogens (tertiary/aromatic N) is 2. The third-order valence-corrected chi connectivity index (χ3v) is 7.68. The predicted molar refractivity (Wildman–Crippen MR) is 170 cm³/mol. The summed E-state index contributed by atoms with van der Waals surface area (Å²) in [6.45, 7) is 15.7. The van der Waals surface area contributed by atoms with Gasteiger partial charge in [0.15, 0.2) is 0 Å². The van der Waals surface area contributed by atoms with E-state index in [2.05, 4.69) is 15.5 Å². The molecule has 0 bridgehead atoms. The minimum atomic E-state index is -1.20. The Morgan fingerprint density at radius 2 is 1.45 bits per heavy atom. The number of nitrogens with one attached hydrogen (secondary N) is 2. The Morgan fingerprint density at radius 1 is 0.864 bits per heavy atom. The number of likely N-dealkylation sites (N-methyl/N-ethyl adjacent to an activating group) is 1. The van der Waals surface area contributed by atoms with Gasteiger partial charge in [-0.25, -0.2) is 8.78 Å². The summed E-state index contributed by atoms with van der Waals surface area (Å²) in [5, 5.41) is 17.0. The summed E-state index contributed by atoms with van der Waals surface area (Å²) in [4.78, 5) is 43.5. The zero-order valence-corrected chi connectivity index (χ0v) is 27.1. The fourth-order valence-electron chi connectivity index (χ4n) is 5.28. The maximum absolute atomic E-state index is 14.0. The molecule has 44 heavy (non-hydrogen) atoms. The van der Waals surface area contributed by atoms with E-state index in [-0.39, 0.29) is 35.8 Å². The molecule has 0 aliphatic carbocycles. The lowest BCUT2D eigenvalue weighted by Crippen LogP contribution is -2.46. The van der Waals surface area contributed by atoms with Gasteiger partial charge in [-0.15, -0.1) is 0 Å². The van der Waals surface area contributed by atoms with Crippen LogP contribution >= 0.6 is 0 Å². The molecule has 3 amide bonds. The molecule has 8 nitrogen and oxygen atoms in total. The van der Waals surface area contributed by atoms with E-state index < -0.39 is 35.6 Å². The van der Waals surface area contributed by atoms with Gasteiger partial charge in [-0.1, -0.05) is 34.6 Å². The molecule has 2 rings (SSSR count). The van der Waals surface area contributed by atoms with Crippen LogP contribution in [0.25, 0.3) is 0 Å². The maximum Gasteiger partial charge on any atom is 0.253 e. The monoisotopic (exact) mass is 616 g/mol. The van der Waals surface area contributed by atoms with Crippen LogP contribution in [0, 0.1) is 24.5 Å². The first-order valence-corrected chi connectivity index (χ1v) is 15.8. The Balaban J connectivity index is 2.27. The standard InChI is InChI=1S/C34H50F2N4O4/c1-7-12-40(13-8-2)34(44)27-16-23(5)15-26(21-27)33(43)38-30(20-25-18-28(35)22-29(36)19-25)31(41)17-24(6)32(42)37-11-14-39(9-3)10-4/h15-16,18-19,21-22,24,30-31,41H,7-14,17,20H2,1-6H3,(H,37,42)(H,38,43)/t24-,30+,31+/m1/s1. The summed E-state index contributed by atoms with van der Waals surface area (Å²) in [5.41, 5.74) is 1.58. The minimum Gasteiger partial charge on any atom is -0.391 e. The highest BCUT2D eigenvalue weighted by molar-refractivity contribution is 6.00. The number of hydrogen-bond acceptors (Lipinski definition) is 5. The molecule has 0 fully saturated rings.